The van der Waals surface area contributed by atoms with Gasteiger partial charge in [-0.25, -0.2) is 0 Å². The van der Waals surface area contributed by atoms with E-state index in [0.29, 0.717) is 6.61 Å². The number of carbonyl (C=O) groups is 2. The summed E-state index contributed by atoms with van der Waals surface area (Å²) < 4.78 is 17.2. The lowest BCUT2D eigenvalue weighted by atomic mass is 9.88. The van der Waals surface area contributed by atoms with Crippen LogP contribution in [0.25, 0.3) is 0 Å². The molecule has 0 fully saturated rings. The van der Waals surface area contributed by atoms with Gasteiger partial charge in [0, 0.05) is 12.0 Å². The van der Waals surface area contributed by atoms with Gasteiger partial charge in [0.15, 0.2) is 0 Å². The van der Waals surface area contributed by atoms with E-state index in [1.807, 2.05) is 71.9 Å². The summed E-state index contributed by atoms with van der Waals surface area (Å²) in [5, 5.41) is 0. The van der Waals surface area contributed by atoms with Gasteiger partial charge in [0.05, 0.1) is 17.4 Å². The molecule has 0 spiro atoms. The summed E-state index contributed by atoms with van der Waals surface area (Å²) in [7, 11) is 0. The number of benzene rings is 2. The van der Waals surface area contributed by atoms with E-state index in [1.165, 1.54) is 11.1 Å². The number of para-hydroxylation sites is 1. The molecule has 5 nitrogen and oxygen atoms in total. The molecule has 1 aliphatic carbocycles. The Morgan fingerprint density at radius 3 is 2.22 bits per heavy atom. The number of hydrogen-bond acceptors (Lipinski definition) is 5. The van der Waals surface area contributed by atoms with Gasteiger partial charge < -0.3 is 14.2 Å². The van der Waals surface area contributed by atoms with Crippen molar-refractivity contribution in [1.29, 1.82) is 0 Å². The lowest BCUT2D eigenvalue weighted by Gasteiger charge is -2.33. The first-order valence-electron chi connectivity index (χ1n) is 13.7. The fourth-order valence-electron chi connectivity index (χ4n) is 4.52. The van der Waals surface area contributed by atoms with Gasteiger partial charge in [-0.2, -0.15) is 0 Å². The number of carbonyl (C=O) groups excluding carboxylic acids is 2. The van der Waals surface area contributed by atoms with Gasteiger partial charge in [-0.1, -0.05) is 63.2 Å². The second kappa shape index (κ2) is 11.7. The van der Waals surface area contributed by atoms with Crippen LogP contribution in [-0.2, 0) is 31.1 Å². The summed E-state index contributed by atoms with van der Waals surface area (Å²) >= 11 is 0. The number of ether oxygens (including phenoxy) is 3. The number of rotatable bonds is 7. The zero-order chi connectivity index (χ0) is 27.3. The van der Waals surface area contributed by atoms with Crippen LogP contribution in [0.5, 0.6) is 5.75 Å². The van der Waals surface area contributed by atoms with Gasteiger partial charge in [0.1, 0.15) is 17.5 Å². The van der Waals surface area contributed by atoms with Gasteiger partial charge >= 0.3 is 11.9 Å². The fraction of sp³-hybridized carbons (Fsp3) is 0.562. The van der Waals surface area contributed by atoms with Crippen LogP contribution in [0.2, 0.25) is 0 Å². The molecule has 5 heteroatoms. The molecule has 1 heterocycles. The number of esters is 2. The standard InChI is InChI=1S/C17H24O2.C15H20O3/c1-5-16(3,4)15(18)19-17(6-2)12-11-13-9-7-8-10-14(13)17;1-4-15(2,3)14(16)18-13-9-10-17-12-8-6-5-7-11(12)13/h7-10H,5-6,11-12H2,1-4H3;5-8,13H,4,9-10H2,1-3H3. The van der Waals surface area contributed by atoms with E-state index >= 15 is 0 Å². The highest BCUT2D eigenvalue weighted by Crippen LogP contribution is 2.44. The van der Waals surface area contributed by atoms with Gasteiger partial charge in [-0.3, -0.25) is 9.59 Å². The molecule has 0 N–H and O–H groups in total. The first-order valence-corrected chi connectivity index (χ1v) is 13.7. The Hall–Kier alpha value is -2.82. The molecule has 0 bridgehead atoms. The molecule has 0 amide bonds. The van der Waals surface area contributed by atoms with Crippen molar-refractivity contribution < 1.29 is 23.8 Å². The predicted molar refractivity (Wildman–Crippen MR) is 146 cm³/mol. The maximum absolute atomic E-state index is 12.4. The highest BCUT2D eigenvalue weighted by atomic mass is 16.6. The minimum atomic E-state index is -0.423. The third-order valence-electron chi connectivity index (χ3n) is 8.19. The van der Waals surface area contributed by atoms with Crippen molar-refractivity contribution in [3.8, 4) is 5.75 Å². The summed E-state index contributed by atoms with van der Waals surface area (Å²) in [5.41, 5.74) is 2.28. The molecule has 37 heavy (non-hydrogen) atoms. The Balaban J connectivity index is 0.000000206. The van der Waals surface area contributed by atoms with E-state index in [4.69, 9.17) is 14.2 Å². The Kier molecular flexibility index (Phi) is 9.09. The quantitative estimate of drug-likeness (QED) is 0.359. The number of fused-ring (bicyclic) bond motifs is 2. The molecular weight excluding hydrogens is 464 g/mol. The minimum absolute atomic E-state index is 0.0754. The first kappa shape index (κ1) is 28.7. The highest BCUT2D eigenvalue weighted by molar-refractivity contribution is 5.77. The van der Waals surface area contributed by atoms with Gasteiger partial charge in [0.25, 0.3) is 0 Å². The molecule has 0 saturated carbocycles. The monoisotopic (exact) mass is 508 g/mol. The molecule has 2 atom stereocenters. The van der Waals surface area contributed by atoms with Crippen LogP contribution in [0.15, 0.2) is 48.5 Å². The summed E-state index contributed by atoms with van der Waals surface area (Å²) in [5.74, 6) is 0.621. The molecule has 202 valence electrons. The fourth-order valence-corrected chi connectivity index (χ4v) is 4.52. The maximum Gasteiger partial charge on any atom is 0.312 e. The molecule has 2 aromatic carbocycles. The van der Waals surface area contributed by atoms with Crippen molar-refractivity contribution in [2.75, 3.05) is 6.61 Å². The van der Waals surface area contributed by atoms with Crippen molar-refractivity contribution in [3.05, 3.63) is 65.2 Å². The van der Waals surface area contributed by atoms with Crippen LogP contribution >= 0.6 is 0 Å². The van der Waals surface area contributed by atoms with Crippen LogP contribution in [0.3, 0.4) is 0 Å². The number of aryl methyl sites for hydroxylation is 1. The van der Waals surface area contributed by atoms with Gasteiger partial charge in [-0.15, -0.1) is 0 Å². The summed E-state index contributed by atoms with van der Waals surface area (Å²) in [6, 6.07) is 16.1. The van der Waals surface area contributed by atoms with E-state index in [-0.39, 0.29) is 18.0 Å². The molecular formula is C32H44O5. The molecule has 4 rings (SSSR count). The molecule has 2 unspecified atom stereocenters. The van der Waals surface area contributed by atoms with Gasteiger partial charge in [-0.05, 0) is 77.0 Å². The minimum Gasteiger partial charge on any atom is -0.493 e. The summed E-state index contributed by atoms with van der Waals surface area (Å²) in [4.78, 5) is 24.5. The van der Waals surface area contributed by atoms with E-state index < -0.39 is 16.4 Å². The maximum atomic E-state index is 12.4. The van der Waals surface area contributed by atoms with Crippen LogP contribution < -0.4 is 4.74 Å². The third-order valence-corrected chi connectivity index (χ3v) is 8.19. The van der Waals surface area contributed by atoms with E-state index in [9.17, 15) is 9.59 Å². The molecule has 2 aliphatic rings. The molecule has 0 aromatic heterocycles. The highest BCUT2D eigenvalue weighted by Gasteiger charge is 2.43. The third kappa shape index (κ3) is 6.37. The van der Waals surface area contributed by atoms with Crippen molar-refractivity contribution in [2.45, 2.75) is 98.7 Å². The van der Waals surface area contributed by atoms with Crippen LogP contribution in [0, 0.1) is 10.8 Å². The lowest BCUT2D eigenvalue weighted by molar-refractivity contribution is -0.172. The van der Waals surface area contributed by atoms with Crippen molar-refractivity contribution in [2.24, 2.45) is 10.8 Å². The average Bonchev–Trinajstić information content (AvgIpc) is 3.28. The lowest BCUT2D eigenvalue weighted by Crippen LogP contribution is -2.36. The Morgan fingerprint density at radius 2 is 1.54 bits per heavy atom. The topological polar surface area (TPSA) is 61.8 Å². The van der Waals surface area contributed by atoms with Crippen molar-refractivity contribution >= 4 is 11.9 Å². The van der Waals surface area contributed by atoms with Crippen molar-refractivity contribution in [3.63, 3.8) is 0 Å². The van der Waals surface area contributed by atoms with E-state index in [0.717, 1.165) is 49.8 Å². The summed E-state index contributed by atoms with van der Waals surface area (Å²) in [6.45, 7) is 14.5. The zero-order valence-corrected chi connectivity index (χ0v) is 23.7. The van der Waals surface area contributed by atoms with Crippen molar-refractivity contribution in [1.82, 2.24) is 0 Å². The number of hydrogen-bond donors (Lipinski definition) is 0. The van der Waals surface area contributed by atoms with Crippen LogP contribution in [0.4, 0.5) is 0 Å². The normalized spacial score (nSPS) is 20.5. The van der Waals surface area contributed by atoms with E-state index in [2.05, 4.69) is 25.1 Å². The van der Waals surface area contributed by atoms with Crippen LogP contribution in [-0.4, -0.2) is 18.5 Å². The zero-order valence-electron chi connectivity index (χ0n) is 23.7. The SMILES string of the molecule is CCC(C)(C)C(=O)OC1(CC)CCc2ccccc21.CCC(C)(C)C(=O)OC1CCOc2ccccc21. The largest absolute Gasteiger partial charge is 0.493 e. The van der Waals surface area contributed by atoms with E-state index in [1.54, 1.807) is 0 Å². The second-order valence-corrected chi connectivity index (χ2v) is 11.4. The smallest absolute Gasteiger partial charge is 0.312 e. The Bertz CT molecular complexity index is 1090. The predicted octanol–water partition coefficient (Wildman–Crippen LogP) is 7.71. The first-order chi connectivity index (χ1) is 17.5. The Labute approximate surface area is 222 Å². The van der Waals surface area contributed by atoms with Crippen LogP contribution in [0.1, 0.15) is 103 Å². The summed E-state index contributed by atoms with van der Waals surface area (Å²) in [6.07, 6.45) is 4.88. The molecule has 0 radical (unpaired) electrons. The molecule has 1 aliphatic heterocycles. The average molecular weight is 509 g/mol. The van der Waals surface area contributed by atoms with Gasteiger partial charge in [0.2, 0.25) is 0 Å². The Morgan fingerprint density at radius 1 is 0.919 bits per heavy atom. The molecule has 2 aromatic rings. The second-order valence-electron chi connectivity index (χ2n) is 11.4. The molecule has 0 saturated heterocycles.